The lowest BCUT2D eigenvalue weighted by molar-refractivity contribution is -0.0885. The molecule has 0 amide bonds. The predicted molar refractivity (Wildman–Crippen MR) is 135 cm³/mol. The molecule has 0 atom stereocenters. The zero-order valence-electron chi connectivity index (χ0n) is 19.8. The van der Waals surface area contributed by atoms with Crippen molar-refractivity contribution in [3.05, 3.63) is 63.4 Å². The van der Waals surface area contributed by atoms with Crippen molar-refractivity contribution in [3.63, 3.8) is 0 Å². The Kier molecular flexibility index (Phi) is 5.44. The molecule has 2 aromatic carbocycles. The third-order valence-electron chi connectivity index (χ3n) is 6.13. The lowest BCUT2D eigenvalue weighted by atomic mass is 9.83. The van der Waals surface area contributed by atoms with Gasteiger partial charge in [0.2, 0.25) is 0 Å². The number of ether oxygens (including phenoxy) is 2. The van der Waals surface area contributed by atoms with Crippen molar-refractivity contribution >= 4 is 40.2 Å². The zero-order valence-corrected chi connectivity index (χ0v) is 20.6. The molecular weight excluding hydrogens is 491 g/mol. The van der Waals surface area contributed by atoms with Gasteiger partial charge in [-0.15, -0.1) is 11.3 Å². The first-order chi connectivity index (χ1) is 16.9. The molecule has 5 nitrogen and oxygen atoms in total. The molecule has 0 bridgehead atoms. The van der Waals surface area contributed by atoms with Crippen LogP contribution in [0.1, 0.15) is 47.1 Å². The van der Waals surface area contributed by atoms with Gasteiger partial charge >= 0.3 is 6.18 Å². The topological polar surface area (TPSA) is 67.8 Å². The van der Waals surface area contributed by atoms with Crippen LogP contribution in [-0.2, 0) is 0 Å². The van der Waals surface area contributed by atoms with Crippen LogP contribution in [0.25, 0.3) is 28.5 Å². The van der Waals surface area contributed by atoms with Gasteiger partial charge < -0.3 is 19.9 Å². The van der Waals surface area contributed by atoms with Crippen molar-refractivity contribution in [1.29, 1.82) is 0 Å². The van der Waals surface area contributed by atoms with Crippen LogP contribution >= 0.6 is 11.3 Å². The number of phenolic OH excluding ortho intramolecular Hbond substituents is 1. The fraction of sp³-hybridized carbons (Fsp3) is 0.222. The van der Waals surface area contributed by atoms with E-state index in [2.05, 4.69) is 11.4 Å². The minimum atomic E-state index is -4.99. The van der Waals surface area contributed by atoms with Crippen molar-refractivity contribution in [3.8, 4) is 28.4 Å². The number of hydrogen-bond donors (Lipinski definition) is 2. The number of nitrogens with one attached hydrogen (secondary N) is 1. The highest BCUT2D eigenvalue weighted by Gasteiger charge is 2.41. The zero-order chi connectivity index (χ0) is 26.0. The van der Waals surface area contributed by atoms with Gasteiger partial charge in [-0.25, -0.2) is 0 Å². The lowest BCUT2D eigenvalue weighted by Gasteiger charge is -2.35. The highest BCUT2D eigenvalue weighted by Crippen LogP contribution is 2.54. The van der Waals surface area contributed by atoms with E-state index in [9.17, 15) is 23.1 Å². The van der Waals surface area contributed by atoms with Gasteiger partial charge in [0.25, 0.3) is 5.78 Å². The molecule has 1 aromatic heterocycles. The number of ketones is 1. The van der Waals surface area contributed by atoms with E-state index in [1.54, 1.807) is 6.07 Å². The first-order valence-electron chi connectivity index (χ1n) is 11.1. The van der Waals surface area contributed by atoms with Crippen LogP contribution in [0.15, 0.2) is 41.8 Å². The van der Waals surface area contributed by atoms with E-state index in [4.69, 9.17) is 9.47 Å². The minimum absolute atomic E-state index is 0.0706. The molecule has 0 radical (unpaired) electrons. The second-order valence-corrected chi connectivity index (χ2v) is 10.2. The van der Waals surface area contributed by atoms with Crippen LogP contribution in [0.5, 0.6) is 17.2 Å². The normalized spacial score (nSPS) is 16.8. The van der Waals surface area contributed by atoms with Crippen LogP contribution in [0, 0.1) is 0 Å². The number of carbonyl (C=O) groups excluding carboxylic acids is 1. The summed E-state index contributed by atoms with van der Waals surface area (Å²) >= 11 is 1.02. The number of anilines is 1. The van der Waals surface area contributed by atoms with E-state index in [-0.39, 0.29) is 27.7 Å². The maximum Gasteiger partial charge on any atom is 0.454 e. The van der Waals surface area contributed by atoms with E-state index in [0.717, 1.165) is 28.2 Å². The largest absolute Gasteiger partial charge is 0.504 e. The SMILES string of the molecule is COc1c(O)ccc2c1-c1ccc3c(c1C(=Cc1sccc1C(=O)C(F)(F)F)O2)C(C)=CC(C)(C)N3. The van der Waals surface area contributed by atoms with Crippen molar-refractivity contribution in [2.24, 2.45) is 0 Å². The second kappa shape index (κ2) is 8.16. The van der Waals surface area contributed by atoms with Crippen LogP contribution < -0.4 is 14.8 Å². The van der Waals surface area contributed by atoms with E-state index >= 15 is 0 Å². The van der Waals surface area contributed by atoms with E-state index in [1.165, 1.54) is 30.7 Å². The third kappa shape index (κ3) is 3.83. The second-order valence-electron chi connectivity index (χ2n) is 9.21. The van der Waals surface area contributed by atoms with E-state index in [0.29, 0.717) is 22.4 Å². The maximum absolute atomic E-state index is 13.2. The molecule has 0 aliphatic carbocycles. The van der Waals surface area contributed by atoms with Crippen LogP contribution in [0.3, 0.4) is 0 Å². The number of aromatic hydroxyl groups is 1. The number of halogens is 3. The fourth-order valence-corrected chi connectivity index (χ4v) is 5.65. The summed E-state index contributed by atoms with van der Waals surface area (Å²) in [6, 6.07) is 7.96. The Morgan fingerprint density at radius 2 is 1.89 bits per heavy atom. The quantitative estimate of drug-likeness (QED) is 0.358. The smallest absolute Gasteiger partial charge is 0.454 e. The van der Waals surface area contributed by atoms with Crippen LogP contribution in [-0.4, -0.2) is 29.7 Å². The van der Waals surface area contributed by atoms with Gasteiger partial charge in [-0.1, -0.05) is 12.1 Å². The molecule has 5 rings (SSSR count). The summed E-state index contributed by atoms with van der Waals surface area (Å²) in [5.41, 5.74) is 3.67. The number of rotatable bonds is 3. The van der Waals surface area contributed by atoms with Gasteiger partial charge in [-0.05, 0) is 62.1 Å². The Hall–Kier alpha value is -3.72. The first kappa shape index (κ1) is 24.0. The van der Waals surface area contributed by atoms with E-state index in [1.807, 2.05) is 32.9 Å². The van der Waals surface area contributed by atoms with Gasteiger partial charge in [0.15, 0.2) is 11.5 Å². The monoisotopic (exact) mass is 513 g/mol. The number of alkyl halides is 3. The maximum atomic E-state index is 13.2. The van der Waals surface area contributed by atoms with Crippen molar-refractivity contribution in [2.75, 3.05) is 12.4 Å². The van der Waals surface area contributed by atoms with Crippen LogP contribution in [0.2, 0.25) is 0 Å². The number of benzene rings is 2. The van der Waals surface area contributed by atoms with Gasteiger partial charge in [-0.3, -0.25) is 4.79 Å². The predicted octanol–water partition coefficient (Wildman–Crippen LogP) is 7.37. The average molecular weight is 514 g/mol. The number of hydrogen-bond acceptors (Lipinski definition) is 6. The Balaban J connectivity index is 1.80. The summed E-state index contributed by atoms with van der Waals surface area (Å²) in [6.07, 6.45) is -1.46. The summed E-state index contributed by atoms with van der Waals surface area (Å²) in [6.45, 7) is 6.02. The third-order valence-corrected chi connectivity index (χ3v) is 7.00. The first-order valence-corrected chi connectivity index (χ1v) is 11.9. The average Bonchev–Trinajstić information content (AvgIpc) is 3.24. The number of fused-ring (bicyclic) bond motifs is 5. The molecule has 3 heterocycles. The standard InChI is InChI=1S/C27H22F3NO4S/c1-13-12-26(2,3)31-16-6-5-15-22(21(13)16)19(35-18-8-7-17(32)24(34-4)23(15)18)11-20-14(9-10-36-20)25(33)27(28,29)30/h5-12,31-32H,1-4H3. The van der Waals surface area contributed by atoms with Crippen LogP contribution in [0.4, 0.5) is 18.9 Å². The molecule has 2 N–H and O–H groups in total. The van der Waals surface area contributed by atoms with Gasteiger partial charge in [-0.2, -0.15) is 13.2 Å². The van der Waals surface area contributed by atoms with Gasteiger partial charge in [0.05, 0.1) is 18.2 Å². The molecule has 2 aliphatic heterocycles. The van der Waals surface area contributed by atoms with Gasteiger partial charge in [0, 0.05) is 32.8 Å². The number of thiophene rings is 1. The highest BCUT2D eigenvalue weighted by molar-refractivity contribution is 7.11. The van der Waals surface area contributed by atoms with Crippen molar-refractivity contribution < 1.29 is 32.5 Å². The van der Waals surface area contributed by atoms with Crippen molar-refractivity contribution in [2.45, 2.75) is 32.5 Å². The fourth-order valence-electron chi connectivity index (χ4n) is 4.84. The lowest BCUT2D eigenvalue weighted by Crippen LogP contribution is -2.32. The molecule has 0 fully saturated rings. The van der Waals surface area contributed by atoms with Gasteiger partial charge in [0.1, 0.15) is 11.5 Å². The molecule has 0 saturated carbocycles. The molecule has 3 aromatic rings. The summed E-state index contributed by atoms with van der Waals surface area (Å²) in [5.74, 6) is -1.10. The summed E-state index contributed by atoms with van der Waals surface area (Å²) in [4.78, 5) is 12.2. The molecule has 0 saturated heterocycles. The number of methoxy groups -OCH3 is 1. The number of Topliss-reactive ketones (excluding diaryl/α,β-unsaturated/α-hetero) is 1. The Morgan fingerprint density at radius 3 is 2.58 bits per heavy atom. The Morgan fingerprint density at radius 1 is 1.14 bits per heavy atom. The summed E-state index contributed by atoms with van der Waals surface area (Å²) in [7, 11) is 1.44. The molecule has 9 heteroatoms. The number of allylic oxidation sites excluding steroid dienone is 1. The molecule has 186 valence electrons. The molecule has 0 spiro atoms. The molecule has 2 aliphatic rings. The molecule has 0 unspecified atom stereocenters. The highest BCUT2D eigenvalue weighted by atomic mass is 32.1. The Bertz CT molecular complexity index is 1480. The number of carbonyl (C=O) groups is 1. The Labute approximate surface area is 209 Å². The summed E-state index contributed by atoms with van der Waals surface area (Å²) in [5, 5.41) is 15.4. The number of phenols is 1. The minimum Gasteiger partial charge on any atom is -0.504 e. The summed E-state index contributed by atoms with van der Waals surface area (Å²) < 4.78 is 51.4. The molecular formula is C27H22F3NO4S. The van der Waals surface area contributed by atoms with E-state index < -0.39 is 17.5 Å². The van der Waals surface area contributed by atoms with Crippen molar-refractivity contribution in [1.82, 2.24) is 0 Å². The molecule has 36 heavy (non-hydrogen) atoms.